The van der Waals surface area contributed by atoms with Gasteiger partial charge in [0.15, 0.2) is 0 Å². The fraction of sp³-hybridized carbons (Fsp3) is 1.00. The largest absolute Gasteiger partial charge is 0.378 e. The summed E-state index contributed by atoms with van der Waals surface area (Å²) in [5.41, 5.74) is 0. The average molecular weight is 418 g/mol. The van der Waals surface area contributed by atoms with Gasteiger partial charge in [-0.15, -0.1) is 18.7 Å². The first-order valence-electron chi connectivity index (χ1n) is 12.1. The number of rotatable bonds is 16. The van der Waals surface area contributed by atoms with Gasteiger partial charge in [-0.2, -0.15) is 0 Å². The van der Waals surface area contributed by atoms with Crippen LogP contribution < -0.4 is 0 Å². The summed E-state index contributed by atoms with van der Waals surface area (Å²) in [4.78, 5) is 0. The van der Waals surface area contributed by atoms with Crippen LogP contribution in [0.2, 0.25) is 0 Å². The van der Waals surface area contributed by atoms with Gasteiger partial charge in [0.05, 0.1) is 26.3 Å². The van der Waals surface area contributed by atoms with Crippen LogP contribution in [0.3, 0.4) is 0 Å². The van der Waals surface area contributed by atoms with Crippen molar-refractivity contribution in [2.24, 2.45) is 0 Å². The SMILES string of the molecule is CCCCN(CC)[P+](N(CC)CCCC)(N(CC)CCCC)N1CCOCC1. The van der Waals surface area contributed by atoms with Crippen LogP contribution in [-0.4, -0.2) is 84.3 Å². The van der Waals surface area contributed by atoms with Crippen LogP contribution in [0, 0.1) is 0 Å². The van der Waals surface area contributed by atoms with E-state index in [1.807, 2.05) is 0 Å². The Balaban J connectivity index is 3.46. The van der Waals surface area contributed by atoms with E-state index in [0.717, 1.165) is 45.9 Å². The molecule has 0 aromatic rings. The van der Waals surface area contributed by atoms with E-state index in [1.165, 1.54) is 58.2 Å². The Labute approximate surface area is 177 Å². The molecule has 0 atom stereocenters. The number of nitrogens with zero attached hydrogens (tertiary/aromatic N) is 4. The summed E-state index contributed by atoms with van der Waals surface area (Å²) in [5, 5.41) is 0. The molecule has 6 heteroatoms. The minimum Gasteiger partial charge on any atom is -0.378 e. The molecule has 0 aromatic carbocycles. The van der Waals surface area contributed by atoms with E-state index in [0.29, 0.717) is 0 Å². The molecule has 0 aliphatic carbocycles. The van der Waals surface area contributed by atoms with Gasteiger partial charge in [0.2, 0.25) is 0 Å². The Morgan fingerprint density at radius 2 is 1.00 bits per heavy atom. The molecule has 0 bridgehead atoms. The Kier molecular flexibility index (Phi) is 14.2. The van der Waals surface area contributed by atoms with Crippen LogP contribution in [0.1, 0.15) is 80.1 Å². The molecule has 1 aliphatic heterocycles. The number of hydrogen-bond acceptors (Lipinski definition) is 5. The molecule has 0 amide bonds. The van der Waals surface area contributed by atoms with E-state index in [2.05, 4.69) is 60.2 Å². The Morgan fingerprint density at radius 3 is 1.29 bits per heavy atom. The fourth-order valence-electron chi connectivity index (χ4n) is 4.36. The van der Waals surface area contributed by atoms with Gasteiger partial charge in [-0.25, -0.2) is 0 Å². The van der Waals surface area contributed by atoms with Gasteiger partial charge in [0.1, 0.15) is 0 Å². The molecule has 1 aliphatic rings. The Bertz CT molecular complexity index is 339. The predicted octanol–water partition coefficient (Wildman–Crippen LogP) is 5.36. The molecule has 28 heavy (non-hydrogen) atoms. The lowest BCUT2D eigenvalue weighted by Crippen LogP contribution is -2.55. The van der Waals surface area contributed by atoms with Crippen LogP contribution in [0.4, 0.5) is 0 Å². The van der Waals surface area contributed by atoms with Gasteiger partial charge in [-0.05, 0) is 40.0 Å². The van der Waals surface area contributed by atoms with E-state index in [1.54, 1.807) is 0 Å². The predicted molar refractivity (Wildman–Crippen MR) is 126 cm³/mol. The van der Waals surface area contributed by atoms with Gasteiger partial charge in [0, 0.05) is 39.3 Å². The van der Waals surface area contributed by atoms with Crippen molar-refractivity contribution in [3.8, 4) is 0 Å². The van der Waals surface area contributed by atoms with Gasteiger partial charge >= 0.3 is 7.87 Å². The lowest BCUT2D eigenvalue weighted by atomic mass is 10.3. The van der Waals surface area contributed by atoms with Crippen LogP contribution in [0.25, 0.3) is 0 Å². The molecule has 0 radical (unpaired) electrons. The third kappa shape index (κ3) is 6.62. The van der Waals surface area contributed by atoms with Gasteiger partial charge in [-0.3, -0.25) is 0 Å². The van der Waals surface area contributed by atoms with Crippen molar-refractivity contribution in [1.29, 1.82) is 0 Å². The van der Waals surface area contributed by atoms with Crippen molar-refractivity contribution in [3.05, 3.63) is 0 Å². The monoisotopic (exact) mass is 417 g/mol. The molecule has 1 saturated heterocycles. The molecule has 0 spiro atoms. The summed E-state index contributed by atoms with van der Waals surface area (Å²) in [5.74, 6) is 0. The Hall–Kier alpha value is 0.230. The zero-order valence-electron chi connectivity index (χ0n) is 20.0. The lowest BCUT2D eigenvalue weighted by molar-refractivity contribution is 0.0612. The maximum absolute atomic E-state index is 5.80. The quantitative estimate of drug-likeness (QED) is 0.314. The van der Waals surface area contributed by atoms with Gasteiger partial charge in [0.25, 0.3) is 0 Å². The van der Waals surface area contributed by atoms with E-state index < -0.39 is 7.87 Å². The average Bonchev–Trinajstić information content (AvgIpc) is 2.74. The van der Waals surface area contributed by atoms with E-state index in [4.69, 9.17) is 4.74 Å². The first-order valence-corrected chi connectivity index (χ1v) is 13.7. The second-order valence-corrected chi connectivity index (χ2v) is 11.1. The maximum Gasteiger partial charge on any atom is 0.308 e. The highest BCUT2D eigenvalue weighted by molar-refractivity contribution is 7.66. The van der Waals surface area contributed by atoms with Crippen LogP contribution in [-0.2, 0) is 4.74 Å². The highest BCUT2D eigenvalue weighted by Gasteiger charge is 2.60. The molecule has 0 N–H and O–H groups in total. The fourth-order valence-corrected chi connectivity index (χ4v) is 9.58. The van der Waals surface area contributed by atoms with Crippen LogP contribution in [0.5, 0.6) is 0 Å². The van der Waals surface area contributed by atoms with Gasteiger partial charge < -0.3 is 4.74 Å². The van der Waals surface area contributed by atoms with Crippen molar-refractivity contribution in [2.75, 3.05) is 65.6 Å². The second-order valence-electron chi connectivity index (χ2n) is 7.80. The second kappa shape index (κ2) is 15.1. The zero-order valence-corrected chi connectivity index (χ0v) is 20.9. The molecular weight excluding hydrogens is 367 g/mol. The smallest absolute Gasteiger partial charge is 0.308 e. The van der Waals surface area contributed by atoms with Crippen LogP contribution in [0.15, 0.2) is 0 Å². The van der Waals surface area contributed by atoms with Crippen LogP contribution >= 0.6 is 7.87 Å². The third-order valence-corrected chi connectivity index (χ3v) is 10.8. The number of hydrogen-bond donors (Lipinski definition) is 0. The summed E-state index contributed by atoms with van der Waals surface area (Å²) >= 11 is 0. The van der Waals surface area contributed by atoms with Gasteiger partial charge in [-0.1, -0.05) is 40.0 Å². The molecule has 0 saturated carbocycles. The number of ether oxygens (including phenoxy) is 1. The molecule has 0 unspecified atom stereocenters. The summed E-state index contributed by atoms with van der Waals surface area (Å²) in [7, 11) is -1.74. The van der Waals surface area contributed by atoms with E-state index in [-0.39, 0.29) is 0 Å². The molecule has 1 fully saturated rings. The zero-order chi connectivity index (χ0) is 20.8. The standard InChI is InChI=1S/C22H50N4OP/c1-7-13-16-23(10-4)28(24(11-5)17-14-8-2,25(12-6)18-15-9-3)26-19-21-27-22-20-26/h7-22H2,1-6H3/q+1. The van der Waals surface area contributed by atoms with Crippen molar-refractivity contribution in [2.45, 2.75) is 80.1 Å². The first kappa shape index (κ1) is 26.3. The highest BCUT2D eigenvalue weighted by Crippen LogP contribution is 2.70. The molecule has 1 rings (SSSR count). The summed E-state index contributed by atoms with van der Waals surface area (Å²) in [6.07, 6.45) is 7.66. The van der Waals surface area contributed by atoms with Crippen molar-refractivity contribution in [1.82, 2.24) is 18.7 Å². The minimum atomic E-state index is -1.74. The summed E-state index contributed by atoms with van der Waals surface area (Å²) < 4.78 is 17.3. The number of unbranched alkanes of at least 4 members (excludes halogenated alkanes) is 3. The molecular formula is C22H50N4OP+. The molecule has 168 valence electrons. The molecule has 0 aromatic heterocycles. The topological polar surface area (TPSA) is 22.2 Å². The summed E-state index contributed by atoms with van der Waals surface area (Å²) in [6.45, 7) is 25.1. The molecule has 5 nitrogen and oxygen atoms in total. The van der Waals surface area contributed by atoms with E-state index >= 15 is 0 Å². The highest BCUT2D eigenvalue weighted by atomic mass is 31.2. The number of morpholine rings is 1. The Morgan fingerprint density at radius 1 is 0.643 bits per heavy atom. The first-order chi connectivity index (χ1) is 13.7. The van der Waals surface area contributed by atoms with Crippen molar-refractivity contribution < 1.29 is 4.74 Å². The van der Waals surface area contributed by atoms with E-state index in [9.17, 15) is 0 Å². The molecule has 1 heterocycles. The lowest BCUT2D eigenvalue weighted by Gasteiger charge is -2.52. The minimum absolute atomic E-state index is 0.879. The normalized spacial score (nSPS) is 16.6. The van der Waals surface area contributed by atoms with Crippen molar-refractivity contribution in [3.63, 3.8) is 0 Å². The third-order valence-electron chi connectivity index (χ3n) is 5.91. The summed E-state index contributed by atoms with van der Waals surface area (Å²) in [6, 6.07) is 0. The maximum atomic E-state index is 5.80. The van der Waals surface area contributed by atoms with Crippen molar-refractivity contribution >= 4 is 7.87 Å².